The summed E-state index contributed by atoms with van der Waals surface area (Å²) in [6, 6.07) is 0.262. The molecule has 0 aromatic carbocycles. The molecule has 94 valence electrons. The topological polar surface area (TPSA) is 59.2 Å². The maximum Gasteiger partial charge on any atom is 0.273 e. The van der Waals surface area contributed by atoms with E-state index in [4.69, 9.17) is 5.73 Å². The summed E-state index contributed by atoms with van der Waals surface area (Å²) < 4.78 is 0. The number of hydrogen-bond acceptors (Lipinski definition) is 4. The average Bonchev–Trinajstić information content (AvgIpc) is 2.92. The molecule has 1 aromatic heterocycles. The van der Waals surface area contributed by atoms with Crippen molar-refractivity contribution in [2.24, 2.45) is 11.1 Å². The fraction of sp³-hybridized carbons (Fsp3) is 0.667. The van der Waals surface area contributed by atoms with Gasteiger partial charge >= 0.3 is 0 Å². The molecule has 0 bridgehead atoms. The molecule has 1 saturated carbocycles. The zero-order chi connectivity index (χ0) is 12.6. The standard InChI is InChI=1S/C12H19N3OS/c1-8(12(2)4-5-12)15(3)11(16)9-7-17-10(6-13)14-9/h7-8H,4-6,13H2,1-3H3. The van der Waals surface area contributed by atoms with E-state index in [1.165, 1.54) is 24.2 Å². The Kier molecular flexibility index (Phi) is 3.23. The maximum atomic E-state index is 12.2. The van der Waals surface area contributed by atoms with Gasteiger partial charge in [0, 0.05) is 25.0 Å². The van der Waals surface area contributed by atoms with Gasteiger partial charge in [-0.3, -0.25) is 4.79 Å². The van der Waals surface area contributed by atoms with Crippen LogP contribution in [0.1, 0.15) is 42.2 Å². The van der Waals surface area contributed by atoms with Crippen LogP contribution in [0.25, 0.3) is 0 Å². The summed E-state index contributed by atoms with van der Waals surface area (Å²) in [6.45, 7) is 4.74. The Labute approximate surface area is 106 Å². The fourth-order valence-electron chi connectivity index (χ4n) is 1.94. The second-order valence-corrected chi connectivity index (χ2v) is 6.02. The minimum atomic E-state index is 0.00146. The molecule has 1 aliphatic carbocycles. The fourth-order valence-corrected chi connectivity index (χ4v) is 2.59. The zero-order valence-electron chi connectivity index (χ0n) is 10.6. The quantitative estimate of drug-likeness (QED) is 0.891. The van der Waals surface area contributed by atoms with E-state index >= 15 is 0 Å². The third-order valence-electron chi connectivity index (χ3n) is 3.89. The Morgan fingerprint density at radius 1 is 1.71 bits per heavy atom. The summed E-state index contributed by atoms with van der Waals surface area (Å²) in [7, 11) is 1.86. The van der Waals surface area contributed by atoms with E-state index < -0.39 is 0 Å². The number of rotatable bonds is 4. The smallest absolute Gasteiger partial charge is 0.273 e. The SMILES string of the molecule is CC(N(C)C(=O)c1csc(CN)n1)C1(C)CC1. The second-order valence-electron chi connectivity index (χ2n) is 5.08. The summed E-state index contributed by atoms with van der Waals surface area (Å²) in [6.07, 6.45) is 2.41. The van der Waals surface area contributed by atoms with Gasteiger partial charge in [-0.15, -0.1) is 11.3 Å². The highest BCUT2D eigenvalue weighted by Crippen LogP contribution is 2.49. The minimum Gasteiger partial charge on any atom is -0.337 e. The number of nitrogens with zero attached hydrogens (tertiary/aromatic N) is 2. The molecule has 0 aliphatic heterocycles. The van der Waals surface area contributed by atoms with Gasteiger partial charge in [-0.1, -0.05) is 6.92 Å². The van der Waals surface area contributed by atoms with Crippen LogP contribution in [-0.4, -0.2) is 28.9 Å². The Balaban J connectivity index is 2.08. The number of hydrogen-bond donors (Lipinski definition) is 1. The van der Waals surface area contributed by atoms with Gasteiger partial charge in [-0.05, 0) is 25.2 Å². The Morgan fingerprint density at radius 2 is 2.35 bits per heavy atom. The molecule has 17 heavy (non-hydrogen) atoms. The molecule has 1 aromatic rings. The van der Waals surface area contributed by atoms with E-state index in [-0.39, 0.29) is 11.9 Å². The molecule has 1 atom stereocenters. The van der Waals surface area contributed by atoms with E-state index in [9.17, 15) is 4.79 Å². The third-order valence-corrected chi connectivity index (χ3v) is 4.77. The first kappa shape index (κ1) is 12.5. The molecule has 1 unspecified atom stereocenters. The van der Waals surface area contributed by atoms with Gasteiger partial charge in [-0.25, -0.2) is 4.98 Å². The minimum absolute atomic E-state index is 0.00146. The van der Waals surface area contributed by atoms with Crippen LogP contribution in [0, 0.1) is 5.41 Å². The van der Waals surface area contributed by atoms with Crippen molar-refractivity contribution in [3.8, 4) is 0 Å². The molecule has 1 amide bonds. The molecule has 1 heterocycles. The van der Waals surface area contributed by atoms with E-state index in [1.54, 1.807) is 5.38 Å². The summed E-state index contributed by atoms with van der Waals surface area (Å²) in [5.74, 6) is 0.00146. The predicted octanol–water partition coefficient (Wildman–Crippen LogP) is 1.86. The largest absolute Gasteiger partial charge is 0.337 e. The van der Waals surface area contributed by atoms with E-state index in [1.807, 2.05) is 11.9 Å². The Hall–Kier alpha value is -0.940. The van der Waals surface area contributed by atoms with Crippen molar-refractivity contribution in [2.45, 2.75) is 39.3 Å². The van der Waals surface area contributed by atoms with Crippen LogP contribution in [0.5, 0.6) is 0 Å². The molecule has 2 rings (SSSR count). The summed E-state index contributed by atoms with van der Waals surface area (Å²) in [4.78, 5) is 18.3. The molecule has 2 N–H and O–H groups in total. The number of amides is 1. The normalized spacial score (nSPS) is 18.8. The molecule has 5 heteroatoms. The first-order valence-electron chi connectivity index (χ1n) is 5.89. The monoisotopic (exact) mass is 253 g/mol. The van der Waals surface area contributed by atoms with Gasteiger partial charge in [0.05, 0.1) is 0 Å². The first-order chi connectivity index (χ1) is 7.98. The number of aromatic nitrogens is 1. The van der Waals surface area contributed by atoms with Crippen molar-refractivity contribution in [3.05, 3.63) is 16.1 Å². The van der Waals surface area contributed by atoms with Crippen LogP contribution in [0.4, 0.5) is 0 Å². The third kappa shape index (κ3) is 2.35. The Bertz CT molecular complexity index is 425. The van der Waals surface area contributed by atoms with Crippen molar-refractivity contribution >= 4 is 17.2 Å². The highest BCUT2D eigenvalue weighted by atomic mass is 32.1. The Morgan fingerprint density at radius 3 is 2.82 bits per heavy atom. The molecule has 1 fully saturated rings. The van der Waals surface area contributed by atoms with Gasteiger partial charge in [0.25, 0.3) is 5.91 Å². The molecule has 0 saturated heterocycles. The van der Waals surface area contributed by atoms with Crippen molar-refractivity contribution in [2.75, 3.05) is 7.05 Å². The highest BCUT2D eigenvalue weighted by molar-refractivity contribution is 7.09. The van der Waals surface area contributed by atoms with Crippen LogP contribution in [-0.2, 0) is 6.54 Å². The van der Waals surface area contributed by atoms with Crippen molar-refractivity contribution < 1.29 is 4.79 Å². The van der Waals surface area contributed by atoms with Crippen LogP contribution in [0.2, 0.25) is 0 Å². The van der Waals surface area contributed by atoms with Crippen LogP contribution in [0.15, 0.2) is 5.38 Å². The van der Waals surface area contributed by atoms with Gasteiger partial charge < -0.3 is 10.6 Å². The number of carbonyl (C=O) groups excluding carboxylic acids is 1. The number of nitrogens with two attached hydrogens (primary N) is 1. The lowest BCUT2D eigenvalue weighted by Crippen LogP contribution is -2.40. The molecular weight excluding hydrogens is 234 g/mol. The van der Waals surface area contributed by atoms with Gasteiger partial charge in [0.15, 0.2) is 0 Å². The maximum absolute atomic E-state index is 12.2. The van der Waals surface area contributed by atoms with Crippen LogP contribution >= 0.6 is 11.3 Å². The van der Waals surface area contributed by atoms with E-state index in [2.05, 4.69) is 18.8 Å². The second kappa shape index (κ2) is 4.38. The summed E-state index contributed by atoms with van der Waals surface area (Å²) in [5.41, 5.74) is 6.33. The van der Waals surface area contributed by atoms with Crippen molar-refractivity contribution in [1.82, 2.24) is 9.88 Å². The van der Waals surface area contributed by atoms with E-state index in [0.717, 1.165) is 5.01 Å². The first-order valence-corrected chi connectivity index (χ1v) is 6.77. The summed E-state index contributed by atoms with van der Waals surface area (Å²) >= 11 is 1.45. The average molecular weight is 253 g/mol. The number of thiazole rings is 1. The van der Waals surface area contributed by atoms with E-state index in [0.29, 0.717) is 17.7 Å². The zero-order valence-corrected chi connectivity index (χ0v) is 11.4. The van der Waals surface area contributed by atoms with Gasteiger partial charge in [0.2, 0.25) is 0 Å². The van der Waals surface area contributed by atoms with Gasteiger partial charge in [0.1, 0.15) is 10.7 Å². The van der Waals surface area contributed by atoms with Crippen molar-refractivity contribution in [1.29, 1.82) is 0 Å². The lowest BCUT2D eigenvalue weighted by atomic mass is 9.99. The lowest BCUT2D eigenvalue weighted by Gasteiger charge is -2.29. The predicted molar refractivity (Wildman–Crippen MR) is 68.9 cm³/mol. The highest BCUT2D eigenvalue weighted by Gasteiger charge is 2.45. The number of carbonyl (C=O) groups is 1. The van der Waals surface area contributed by atoms with Crippen LogP contribution in [0.3, 0.4) is 0 Å². The van der Waals surface area contributed by atoms with Crippen LogP contribution < -0.4 is 5.73 Å². The molecule has 0 spiro atoms. The molecule has 4 nitrogen and oxygen atoms in total. The van der Waals surface area contributed by atoms with Crippen molar-refractivity contribution in [3.63, 3.8) is 0 Å². The summed E-state index contributed by atoms with van der Waals surface area (Å²) in [5, 5.41) is 2.61. The molecular formula is C12H19N3OS. The molecule has 1 aliphatic rings. The molecule has 0 radical (unpaired) electrons. The lowest BCUT2D eigenvalue weighted by molar-refractivity contribution is 0.0679. The van der Waals surface area contributed by atoms with Gasteiger partial charge in [-0.2, -0.15) is 0 Å².